The number of nitrogens with zero attached hydrogens (tertiary/aromatic N) is 4. The van der Waals surface area contributed by atoms with E-state index in [2.05, 4.69) is 15.0 Å². The molecular weight excluding hydrogens is 372 g/mol. The summed E-state index contributed by atoms with van der Waals surface area (Å²) in [4.78, 5) is 27.0. The number of carbonyl (C=O) groups is 1. The van der Waals surface area contributed by atoms with E-state index in [1.54, 1.807) is 6.20 Å². The van der Waals surface area contributed by atoms with Crippen molar-refractivity contribution in [2.75, 3.05) is 6.61 Å². The Hall–Kier alpha value is -2.90. The van der Waals surface area contributed by atoms with Gasteiger partial charge in [0.1, 0.15) is 12.4 Å². The lowest BCUT2D eigenvalue weighted by atomic mass is 10.0. The Balaban J connectivity index is 1.46. The molecule has 0 saturated carbocycles. The Morgan fingerprint density at radius 2 is 1.86 bits per heavy atom. The van der Waals surface area contributed by atoms with Crippen LogP contribution in [-0.2, 0) is 4.74 Å². The Labute approximate surface area is 170 Å². The van der Waals surface area contributed by atoms with Gasteiger partial charge >= 0.3 is 6.09 Å². The van der Waals surface area contributed by atoms with Gasteiger partial charge in [-0.05, 0) is 45.7 Å². The van der Waals surface area contributed by atoms with Crippen molar-refractivity contribution in [2.24, 2.45) is 0 Å². The van der Waals surface area contributed by atoms with E-state index in [-0.39, 0.29) is 24.3 Å². The highest BCUT2D eigenvalue weighted by Gasteiger charge is 2.45. The first-order valence-electron chi connectivity index (χ1n) is 10.1. The lowest BCUT2D eigenvalue weighted by Gasteiger charge is -2.37. The average Bonchev–Trinajstić information content (AvgIpc) is 2.98. The molecule has 2 unspecified atom stereocenters. The maximum absolute atomic E-state index is 12.2. The summed E-state index contributed by atoms with van der Waals surface area (Å²) in [5, 5.41) is 0. The maximum atomic E-state index is 12.2. The third kappa shape index (κ3) is 3.97. The summed E-state index contributed by atoms with van der Waals surface area (Å²) in [6, 6.07) is 4.00. The third-order valence-electron chi connectivity index (χ3n) is 5.60. The van der Waals surface area contributed by atoms with E-state index in [0.29, 0.717) is 24.1 Å². The number of hydrogen-bond donors (Lipinski definition) is 0. The highest BCUT2D eigenvalue weighted by atomic mass is 16.6. The molecule has 2 atom stereocenters. The number of aromatic nitrogens is 3. The van der Waals surface area contributed by atoms with Crippen LogP contribution in [0.25, 0.3) is 0 Å². The van der Waals surface area contributed by atoms with Gasteiger partial charge < -0.3 is 19.1 Å². The van der Waals surface area contributed by atoms with Crippen LogP contribution >= 0.6 is 0 Å². The molecule has 8 nitrogen and oxygen atoms in total. The minimum absolute atomic E-state index is 0.000227. The van der Waals surface area contributed by atoms with Crippen LogP contribution in [0.1, 0.15) is 43.9 Å². The molecule has 2 aliphatic rings. The monoisotopic (exact) mass is 398 g/mol. The van der Waals surface area contributed by atoms with E-state index in [4.69, 9.17) is 14.2 Å². The van der Waals surface area contributed by atoms with Crippen LogP contribution in [0.5, 0.6) is 17.5 Å². The Morgan fingerprint density at radius 3 is 2.55 bits per heavy atom. The van der Waals surface area contributed by atoms with E-state index in [1.165, 1.54) is 6.33 Å². The van der Waals surface area contributed by atoms with Gasteiger partial charge in [0, 0.05) is 31.1 Å². The minimum atomic E-state index is -0.209. The fourth-order valence-corrected chi connectivity index (χ4v) is 4.20. The fraction of sp³-hybridized carbons (Fsp3) is 0.524. The molecule has 154 valence electrons. The van der Waals surface area contributed by atoms with Crippen molar-refractivity contribution in [3.63, 3.8) is 0 Å². The quantitative estimate of drug-likeness (QED) is 0.757. The predicted molar refractivity (Wildman–Crippen MR) is 105 cm³/mol. The molecule has 29 heavy (non-hydrogen) atoms. The molecule has 2 aromatic rings. The number of aryl methyl sites for hydroxylation is 1. The van der Waals surface area contributed by atoms with E-state index >= 15 is 0 Å². The Bertz CT molecular complexity index is 877. The summed E-state index contributed by atoms with van der Waals surface area (Å²) in [6.07, 6.45) is 6.49. The highest BCUT2D eigenvalue weighted by molar-refractivity contribution is 5.69. The number of amides is 1. The van der Waals surface area contributed by atoms with Crippen LogP contribution < -0.4 is 9.47 Å². The van der Waals surface area contributed by atoms with Gasteiger partial charge in [0.25, 0.3) is 0 Å². The highest BCUT2D eigenvalue weighted by Crippen LogP contribution is 2.38. The van der Waals surface area contributed by atoms with Gasteiger partial charge in [0.15, 0.2) is 5.75 Å². The van der Waals surface area contributed by atoms with Gasteiger partial charge in [-0.3, -0.25) is 4.98 Å². The van der Waals surface area contributed by atoms with Gasteiger partial charge in [0.2, 0.25) is 11.8 Å². The lowest BCUT2D eigenvalue weighted by Crippen LogP contribution is -2.49. The molecule has 2 aromatic heterocycles. The molecule has 2 aliphatic heterocycles. The van der Waals surface area contributed by atoms with Crippen molar-refractivity contribution in [3.05, 3.63) is 35.9 Å². The number of hydrogen-bond acceptors (Lipinski definition) is 7. The van der Waals surface area contributed by atoms with Crippen molar-refractivity contribution in [1.29, 1.82) is 0 Å². The average molecular weight is 398 g/mol. The first-order valence-corrected chi connectivity index (χ1v) is 10.1. The molecule has 0 aliphatic carbocycles. The zero-order valence-electron chi connectivity index (χ0n) is 17.0. The number of piperidine rings is 1. The van der Waals surface area contributed by atoms with Gasteiger partial charge in [-0.1, -0.05) is 0 Å². The van der Waals surface area contributed by atoms with Crippen molar-refractivity contribution in [1.82, 2.24) is 19.9 Å². The zero-order chi connectivity index (χ0) is 20.4. The molecule has 4 rings (SSSR count). The second kappa shape index (κ2) is 8.23. The SMILES string of the molecule is CCOC(=O)N1C2CCC1CC(Oc1ncnc(Oc3cccnc3C)c1C)C2. The summed E-state index contributed by atoms with van der Waals surface area (Å²) in [6.45, 7) is 6.00. The van der Waals surface area contributed by atoms with Crippen molar-refractivity contribution in [3.8, 4) is 17.5 Å². The molecule has 2 fully saturated rings. The smallest absolute Gasteiger partial charge is 0.410 e. The molecule has 0 spiro atoms. The number of rotatable bonds is 5. The molecule has 0 N–H and O–H groups in total. The van der Waals surface area contributed by atoms with E-state index in [1.807, 2.05) is 37.8 Å². The molecule has 2 bridgehead atoms. The summed E-state index contributed by atoms with van der Waals surface area (Å²) in [7, 11) is 0. The summed E-state index contributed by atoms with van der Waals surface area (Å²) >= 11 is 0. The largest absolute Gasteiger partial charge is 0.474 e. The summed E-state index contributed by atoms with van der Waals surface area (Å²) in [5.41, 5.74) is 1.53. The zero-order valence-corrected chi connectivity index (χ0v) is 17.0. The van der Waals surface area contributed by atoms with Crippen LogP contribution in [0, 0.1) is 13.8 Å². The van der Waals surface area contributed by atoms with Gasteiger partial charge in [-0.2, -0.15) is 0 Å². The standard InChI is InChI=1S/C21H26N4O4/c1-4-27-21(26)25-15-7-8-16(25)11-17(10-15)28-19-13(2)20(24-12-23-19)29-18-6-5-9-22-14(18)3/h5-6,9,12,15-17H,4,7-8,10-11H2,1-3H3. The molecule has 0 aromatic carbocycles. The Kier molecular flexibility index (Phi) is 5.51. The third-order valence-corrected chi connectivity index (χ3v) is 5.60. The minimum Gasteiger partial charge on any atom is -0.474 e. The first-order chi connectivity index (χ1) is 14.1. The molecule has 8 heteroatoms. The maximum Gasteiger partial charge on any atom is 0.410 e. The predicted octanol–water partition coefficient (Wildman–Crippen LogP) is 3.81. The normalized spacial score (nSPS) is 23.0. The van der Waals surface area contributed by atoms with Gasteiger partial charge in [-0.15, -0.1) is 0 Å². The van der Waals surface area contributed by atoms with Crippen molar-refractivity contribution < 1.29 is 19.0 Å². The summed E-state index contributed by atoms with van der Waals surface area (Å²) in [5.74, 6) is 1.63. The first kappa shape index (κ1) is 19.4. The van der Waals surface area contributed by atoms with Gasteiger partial charge in [0.05, 0.1) is 17.9 Å². The molecular formula is C21H26N4O4. The molecule has 1 amide bonds. The van der Waals surface area contributed by atoms with Crippen molar-refractivity contribution >= 4 is 6.09 Å². The summed E-state index contributed by atoms with van der Waals surface area (Å²) < 4.78 is 17.4. The molecule has 0 radical (unpaired) electrons. The molecule has 2 saturated heterocycles. The second-order valence-electron chi connectivity index (χ2n) is 7.50. The topological polar surface area (TPSA) is 86.7 Å². The van der Waals surface area contributed by atoms with Crippen LogP contribution in [0.3, 0.4) is 0 Å². The number of fused-ring (bicyclic) bond motifs is 2. The van der Waals surface area contributed by atoms with Crippen LogP contribution in [0.2, 0.25) is 0 Å². The van der Waals surface area contributed by atoms with E-state index in [0.717, 1.165) is 36.9 Å². The van der Waals surface area contributed by atoms with E-state index in [9.17, 15) is 4.79 Å². The lowest BCUT2D eigenvalue weighted by molar-refractivity contribution is 0.0334. The number of carbonyl (C=O) groups excluding carboxylic acids is 1. The van der Waals surface area contributed by atoms with Crippen LogP contribution in [0.15, 0.2) is 24.7 Å². The number of pyridine rings is 1. The second-order valence-corrected chi connectivity index (χ2v) is 7.50. The fourth-order valence-electron chi connectivity index (χ4n) is 4.20. The van der Waals surface area contributed by atoms with E-state index < -0.39 is 0 Å². The van der Waals surface area contributed by atoms with Gasteiger partial charge in [-0.25, -0.2) is 14.8 Å². The van der Waals surface area contributed by atoms with Crippen LogP contribution in [-0.4, -0.2) is 50.7 Å². The van der Waals surface area contributed by atoms with Crippen molar-refractivity contribution in [2.45, 2.75) is 64.6 Å². The van der Waals surface area contributed by atoms with Crippen LogP contribution in [0.4, 0.5) is 4.79 Å². The molecule has 4 heterocycles. The Morgan fingerprint density at radius 1 is 1.14 bits per heavy atom. The number of ether oxygens (including phenoxy) is 3.